The molecule has 4 nitrogen and oxygen atoms in total. The maximum absolute atomic E-state index is 11.0. The fourth-order valence-corrected chi connectivity index (χ4v) is 1.06. The summed E-state index contributed by atoms with van der Waals surface area (Å²) in [5.74, 6) is 0. The number of fused-ring (bicyclic) bond motifs is 1. The average molecular weight is 160 g/mol. The molecule has 0 atom stereocenters. The molecule has 0 radical (unpaired) electrons. The van der Waals surface area contributed by atoms with Gasteiger partial charge >= 0.3 is 0 Å². The molecule has 2 rings (SSSR count). The van der Waals surface area contributed by atoms with Gasteiger partial charge in [-0.2, -0.15) is 5.26 Å². The van der Waals surface area contributed by atoms with Crippen LogP contribution in [0.15, 0.2) is 27.7 Å². The van der Waals surface area contributed by atoms with Crippen LogP contribution in [0.1, 0.15) is 5.56 Å². The van der Waals surface area contributed by atoms with Crippen molar-refractivity contribution in [3.8, 4) is 6.07 Å². The van der Waals surface area contributed by atoms with E-state index in [9.17, 15) is 4.79 Å². The second-order valence-corrected chi connectivity index (χ2v) is 2.31. The Bertz CT molecular complexity index is 516. The highest BCUT2D eigenvalue weighted by molar-refractivity contribution is 5.81. The first-order valence-corrected chi connectivity index (χ1v) is 3.32. The summed E-state index contributed by atoms with van der Waals surface area (Å²) in [6.07, 6.45) is 2.96. The van der Waals surface area contributed by atoms with Crippen LogP contribution in [0, 0.1) is 11.3 Å². The van der Waals surface area contributed by atoms with E-state index in [0.29, 0.717) is 5.58 Å². The van der Waals surface area contributed by atoms with Gasteiger partial charge in [0.05, 0.1) is 6.26 Å². The van der Waals surface area contributed by atoms with Gasteiger partial charge in [0.25, 0.3) is 5.56 Å². The number of hydrogen-bond donors (Lipinski definition) is 1. The van der Waals surface area contributed by atoms with Crippen molar-refractivity contribution >= 4 is 11.0 Å². The topological polar surface area (TPSA) is 69.8 Å². The molecule has 0 bridgehead atoms. The lowest BCUT2D eigenvalue weighted by molar-refractivity contribution is 0.614. The Hall–Kier alpha value is -2.02. The first-order chi connectivity index (χ1) is 5.83. The summed E-state index contributed by atoms with van der Waals surface area (Å²) in [4.78, 5) is 13.5. The largest absolute Gasteiger partial charge is 0.463 e. The minimum atomic E-state index is -0.417. The second-order valence-electron chi connectivity index (χ2n) is 2.31. The van der Waals surface area contributed by atoms with Crippen molar-refractivity contribution in [2.75, 3.05) is 0 Å². The fourth-order valence-electron chi connectivity index (χ4n) is 1.06. The third kappa shape index (κ3) is 0.736. The van der Waals surface area contributed by atoms with E-state index in [2.05, 4.69) is 4.98 Å². The summed E-state index contributed by atoms with van der Waals surface area (Å²) in [6, 6.07) is 3.47. The standard InChI is InChI=1S/C8H4N2O2/c9-3-6-7-5(1-2-12-7)4-10-8(6)11/h1-2,4H,(H,10,11). The summed E-state index contributed by atoms with van der Waals surface area (Å²) in [5, 5.41) is 9.33. The van der Waals surface area contributed by atoms with E-state index in [1.54, 1.807) is 12.1 Å². The van der Waals surface area contributed by atoms with Crippen molar-refractivity contribution in [1.29, 1.82) is 5.26 Å². The Kier molecular flexibility index (Phi) is 1.25. The van der Waals surface area contributed by atoms with Gasteiger partial charge in [-0.05, 0) is 6.07 Å². The normalized spacial score (nSPS) is 9.92. The number of H-pyrrole nitrogens is 1. The Morgan fingerprint density at radius 3 is 3.17 bits per heavy atom. The number of rotatable bonds is 0. The number of pyridine rings is 1. The molecule has 0 fully saturated rings. The van der Waals surface area contributed by atoms with Crippen LogP contribution in [-0.4, -0.2) is 4.98 Å². The van der Waals surface area contributed by atoms with Gasteiger partial charge in [0.1, 0.15) is 6.07 Å². The zero-order valence-electron chi connectivity index (χ0n) is 6.00. The van der Waals surface area contributed by atoms with Crippen LogP contribution >= 0.6 is 0 Å². The lowest BCUT2D eigenvalue weighted by atomic mass is 10.2. The average Bonchev–Trinajstić information content (AvgIpc) is 2.52. The van der Waals surface area contributed by atoms with E-state index < -0.39 is 5.56 Å². The maximum Gasteiger partial charge on any atom is 0.269 e. The third-order valence-electron chi connectivity index (χ3n) is 1.62. The molecule has 2 heterocycles. The first kappa shape index (κ1) is 6.68. The molecular weight excluding hydrogens is 156 g/mol. The molecule has 0 aliphatic carbocycles. The molecule has 0 saturated carbocycles. The molecular formula is C8H4N2O2. The van der Waals surface area contributed by atoms with Crippen molar-refractivity contribution < 1.29 is 4.42 Å². The van der Waals surface area contributed by atoms with Crippen LogP contribution in [0.2, 0.25) is 0 Å². The van der Waals surface area contributed by atoms with Crippen molar-refractivity contribution in [2.24, 2.45) is 0 Å². The summed E-state index contributed by atoms with van der Waals surface area (Å²) < 4.78 is 4.98. The number of nitriles is 1. The Labute approximate surface area is 67.0 Å². The van der Waals surface area contributed by atoms with Crippen molar-refractivity contribution in [2.45, 2.75) is 0 Å². The second kappa shape index (κ2) is 2.24. The number of hydrogen-bond acceptors (Lipinski definition) is 3. The van der Waals surface area contributed by atoms with Gasteiger partial charge in [-0.1, -0.05) is 0 Å². The third-order valence-corrected chi connectivity index (χ3v) is 1.62. The lowest BCUT2D eigenvalue weighted by Gasteiger charge is -1.88. The smallest absolute Gasteiger partial charge is 0.269 e. The number of nitrogens with one attached hydrogen (secondary N) is 1. The van der Waals surface area contributed by atoms with Crippen LogP contribution in [0.5, 0.6) is 0 Å². The van der Waals surface area contributed by atoms with E-state index in [4.69, 9.17) is 9.68 Å². The number of aromatic nitrogens is 1. The van der Waals surface area contributed by atoms with E-state index >= 15 is 0 Å². The molecule has 1 N–H and O–H groups in total. The molecule has 0 amide bonds. The summed E-state index contributed by atoms with van der Waals surface area (Å²) >= 11 is 0. The Balaban J connectivity index is 3.05. The molecule has 0 spiro atoms. The predicted molar refractivity (Wildman–Crippen MR) is 41.5 cm³/mol. The SMILES string of the molecule is N#Cc1c(=O)[nH]cc2ccoc12. The molecule has 12 heavy (non-hydrogen) atoms. The minimum Gasteiger partial charge on any atom is -0.463 e. The molecule has 2 aromatic rings. The van der Waals surface area contributed by atoms with Gasteiger partial charge in [0.2, 0.25) is 0 Å². The van der Waals surface area contributed by atoms with Gasteiger partial charge in [-0.25, -0.2) is 0 Å². The van der Waals surface area contributed by atoms with Gasteiger partial charge in [-0.15, -0.1) is 0 Å². The zero-order chi connectivity index (χ0) is 8.55. The fraction of sp³-hybridized carbons (Fsp3) is 0. The van der Waals surface area contributed by atoms with E-state index in [1.165, 1.54) is 12.5 Å². The van der Waals surface area contributed by atoms with E-state index in [-0.39, 0.29) is 5.56 Å². The molecule has 2 aromatic heterocycles. The molecule has 58 valence electrons. The maximum atomic E-state index is 11.0. The van der Waals surface area contributed by atoms with Crippen LogP contribution in [0.4, 0.5) is 0 Å². The van der Waals surface area contributed by atoms with E-state index in [0.717, 1.165) is 5.39 Å². The number of furan rings is 1. The first-order valence-electron chi connectivity index (χ1n) is 3.32. The van der Waals surface area contributed by atoms with Crippen LogP contribution < -0.4 is 5.56 Å². The highest BCUT2D eigenvalue weighted by Gasteiger charge is 2.06. The van der Waals surface area contributed by atoms with Crippen molar-refractivity contribution in [3.05, 3.63) is 34.4 Å². The number of nitrogens with zero attached hydrogens (tertiary/aromatic N) is 1. The molecule has 0 unspecified atom stereocenters. The van der Waals surface area contributed by atoms with Crippen molar-refractivity contribution in [3.63, 3.8) is 0 Å². The van der Waals surface area contributed by atoms with E-state index in [1.807, 2.05) is 0 Å². The van der Waals surface area contributed by atoms with Gasteiger partial charge in [-0.3, -0.25) is 4.79 Å². The molecule has 4 heteroatoms. The van der Waals surface area contributed by atoms with Crippen LogP contribution in [0.3, 0.4) is 0 Å². The number of aromatic amines is 1. The molecule has 0 saturated heterocycles. The minimum absolute atomic E-state index is 0.0255. The van der Waals surface area contributed by atoms with Gasteiger partial charge in [0, 0.05) is 11.6 Å². The van der Waals surface area contributed by atoms with Gasteiger partial charge < -0.3 is 9.40 Å². The highest BCUT2D eigenvalue weighted by atomic mass is 16.3. The summed E-state index contributed by atoms with van der Waals surface area (Å²) in [5.41, 5.74) is -0.0429. The lowest BCUT2D eigenvalue weighted by Crippen LogP contribution is -2.08. The molecule has 0 aliphatic heterocycles. The summed E-state index contributed by atoms with van der Waals surface area (Å²) in [7, 11) is 0. The molecule has 0 aliphatic rings. The zero-order valence-corrected chi connectivity index (χ0v) is 6.00. The van der Waals surface area contributed by atoms with Crippen LogP contribution in [0.25, 0.3) is 11.0 Å². The monoisotopic (exact) mass is 160 g/mol. The Morgan fingerprint density at radius 2 is 2.42 bits per heavy atom. The summed E-state index contributed by atoms with van der Waals surface area (Å²) in [6.45, 7) is 0. The highest BCUT2D eigenvalue weighted by Crippen LogP contribution is 2.14. The van der Waals surface area contributed by atoms with Crippen LogP contribution in [-0.2, 0) is 0 Å². The van der Waals surface area contributed by atoms with Crippen molar-refractivity contribution in [1.82, 2.24) is 4.98 Å². The van der Waals surface area contributed by atoms with Gasteiger partial charge in [0.15, 0.2) is 11.1 Å². The molecule has 0 aromatic carbocycles. The quantitative estimate of drug-likeness (QED) is 0.624. The predicted octanol–water partition coefficient (Wildman–Crippen LogP) is 0.993. The Morgan fingerprint density at radius 1 is 1.58 bits per heavy atom.